The average Bonchev–Trinajstić information content (AvgIpc) is 3.28. The van der Waals surface area contributed by atoms with Gasteiger partial charge >= 0.3 is 0 Å². The molecule has 1 aromatic heterocycles. The molecule has 3 nitrogen and oxygen atoms in total. The number of benzene rings is 3. The summed E-state index contributed by atoms with van der Waals surface area (Å²) in [7, 11) is 0. The molecule has 1 saturated heterocycles. The highest BCUT2D eigenvalue weighted by molar-refractivity contribution is 8.27. The van der Waals surface area contributed by atoms with Crippen LogP contribution in [0, 0.1) is 5.82 Å². The molecule has 170 valence electrons. The van der Waals surface area contributed by atoms with Gasteiger partial charge in [-0.25, -0.2) is 4.39 Å². The number of carbonyl (C=O) groups is 1. The second-order valence-electron chi connectivity index (χ2n) is 7.54. The Labute approximate surface area is 219 Å². The van der Waals surface area contributed by atoms with Crippen molar-refractivity contribution in [3.05, 3.63) is 104 Å². The summed E-state index contributed by atoms with van der Waals surface area (Å²) in [6.07, 6.45) is 3.68. The first-order valence-corrected chi connectivity index (χ1v) is 12.4. The van der Waals surface area contributed by atoms with E-state index in [1.807, 2.05) is 35.0 Å². The largest absolute Gasteiger partial charge is 0.342 e. The summed E-state index contributed by atoms with van der Waals surface area (Å²) >= 11 is 25.2. The van der Waals surface area contributed by atoms with E-state index in [4.69, 9.17) is 47.0 Å². The van der Waals surface area contributed by atoms with Gasteiger partial charge in [-0.2, -0.15) is 0 Å². The van der Waals surface area contributed by atoms with E-state index >= 15 is 0 Å². The fraction of sp³-hybridized carbons (Fsp3) is 0.0400. The molecule has 0 radical (unpaired) electrons. The van der Waals surface area contributed by atoms with E-state index in [9.17, 15) is 9.18 Å². The molecule has 0 N–H and O–H groups in total. The highest BCUT2D eigenvalue weighted by Crippen LogP contribution is 2.40. The van der Waals surface area contributed by atoms with Crippen LogP contribution in [0.1, 0.15) is 11.1 Å². The smallest absolute Gasteiger partial charge is 0.270 e. The molecule has 4 aromatic rings. The Balaban J connectivity index is 1.55. The number of aromatic nitrogens is 1. The SMILES string of the molecule is O=C1/C(=C/c2cn(Cc3c(F)cccc3Cl)c3ccccc23)SC(=S)N1c1ccc(Cl)cc1Cl. The maximum Gasteiger partial charge on any atom is 0.270 e. The monoisotopic (exact) mass is 546 g/mol. The topological polar surface area (TPSA) is 25.2 Å². The Morgan fingerprint density at radius 2 is 1.79 bits per heavy atom. The van der Waals surface area contributed by atoms with Crippen molar-refractivity contribution < 1.29 is 9.18 Å². The maximum absolute atomic E-state index is 14.4. The van der Waals surface area contributed by atoms with Crippen molar-refractivity contribution in [3.63, 3.8) is 0 Å². The van der Waals surface area contributed by atoms with Gasteiger partial charge in [0.25, 0.3) is 5.91 Å². The van der Waals surface area contributed by atoms with Crippen molar-refractivity contribution in [3.8, 4) is 0 Å². The summed E-state index contributed by atoms with van der Waals surface area (Å²) in [5, 5.41) is 2.09. The lowest BCUT2D eigenvalue weighted by molar-refractivity contribution is -0.113. The van der Waals surface area contributed by atoms with Crippen molar-refractivity contribution in [2.45, 2.75) is 6.54 Å². The number of halogens is 4. The summed E-state index contributed by atoms with van der Waals surface area (Å²) in [6, 6.07) is 17.3. The molecule has 9 heteroatoms. The van der Waals surface area contributed by atoms with Gasteiger partial charge in [-0.15, -0.1) is 0 Å². The number of hydrogen-bond acceptors (Lipinski definition) is 3. The van der Waals surface area contributed by atoms with Gasteiger partial charge in [0, 0.05) is 38.3 Å². The van der Waals surface area contributed by atoms with Crippen LogP contribution < -0.4 is 4.90 Å². The van der Waals surface area contributed by atoms with E-state index in [0.717, 1.165) is 16.5 Å². The molecule has 0 unspecified atom stereocenters. The van der Waals surface area contributed by atoms with Gasteiger partial charge in [0.2, 0.25) is 0 Å². The molecule has 0 saturated carbocycles. The number of hydrogen-bond donors (Lipinski definition) is 0. The van der Waals surface area contributed by atoms with Crippen LogP contribution in [0.25, 0.3) is 17.0 Å². The van der Waals surface area contributed by atoms with Crippen molar-refractivity contribution in [1.82, 2.24) is 4.57 Å². The van der Waals surface area contributed by atoms with E-state index in [1.54, 1.807) is 36.4 Å². The lowest BCUT2D eigenvalue weighted by Crippen LogP contribution is -2.27. The number of rotatable bonds is 4. The number of amides is 1. The van der Waals surface area contributed by atoms with Gasteiger partial charge in [-0.3, -0.25) is 9.69 Å². The van der Waals surface area contributed by atoms with E-state index in [1.165, 1.54) is 22.7 Å². The molecule has 0 spiro atoms. The minimum Gasteiger partial charge on any atom is -0.342 e. The van der Waals surface area contributed by atoms with Crippen LogP contribution in [0.2, 0.25) is 15.1 Å². The molecule has 5 rings (SSSR count). The quantitative estimate of drug-likeness (QED) is 0.190. The van der Waals surface area contributed by atoms with Gasteiger partial charge in [0.05, 0.1) is 22.2 Å². The van der Waals surface area contributed by atoms with E-state index in [-0.39, 0.29) is 18.3 Å². The number of anilines is 1. The van der Waals surface area contributed by atoms with Gasteiger partial charge in [-0.05, 0) is 42.5 Å². The van der Waals surface area contributed by atoms with Crippen LogP contribution in [-0.2, 0) is 11.3 Å². The van der Waals surface area contributed by atoms with E-state index < -0.39 is 0 Å². The first-order valence-electron chi connectivity index (χ1n) is 10.1. The number of thioether (sulfide) groups is 1. The fourth-order valence-corrected chi connectivity index (χ4v) is 5.85. The maximum atomic E-state index is 14.4. The third-order valence-corrected chi connectivity index (χ3v) is 7.63. The summed E-state index contributed by atoms with van der Waals surface area (Å²) < 4.78 is 16.7. The summed E-state index contributed by atoms with van der Waals surface area (Å²) in [5.74, 6) is -0.638. The van der Waals surface area contributed by atoms with Crippen LogP contribution in [0.15, 0.2) is 71.8 Å². The second-order valence-corrected chi connectivity index (χ2v) is 10.5. The molecule has 2 heterocycles. The standard InChI is InChI=1S/C25H14Cl3FN2OS2/c26-15-8-9-22(19(28)11-15)31-24(32)23(34-25(31)33)10-14-12-30(21-7-2-1-4-16(14)21)13-17-18(27)5-3-6-20(17)29/h1-12H,13H2/b23-10-. The molecule has 0 bridgehead atoms. The summed E-state index contributed by atoms with van der Waals surface area (Å²) in [6.45, 7) is 0.251. The third-order valence-electron chi connectivity index (χ3n) is 5.44. The van der Waals surface area contributed by atoms with Crippen molar-refractivity contribution in [2.75, 3.05) is 4.90 Å². The molecular formula is C25H14Cl3FN2OS2. The molecular weight excluding hydrogens is 534 g/mol. The Hall–Kier alpha value is -2.35. The van der Waals surface area contributed by atoms with Crippen LogP contribution in [0.4, 0.5) is 10.1 Å². The Kier molecular flexibility index (Phi) is 6.44. The first kappa shape index (κ1) is 23.4. The summed E-state index contributed by atoms with van der Waals surface area (Å²) in [5.41, 5.74) is 2.59. The molecule has 0 atom stereocenters. The summed E-state index contributed by atoms with van der Waals surface area (Å²) in [4.78, 5) is 15.1. The number of thiocarbonyl (C=S) groups is 1. The molecule has 34 heavy (non-hydrogen) atoms. The number of para-hydroxylation sites is 1. The minimum absolute atomic E-state index is 0.251. The average molecular weight is 548 g/mol. The van der Waals surface area contributed by atoms with Gasteiger partial charge in [-0.1, -0.05) is 83.0 Å². The van der Waals surface area contributed by atoms with Crippen molar-refractivity contribution in [2.24, 2.45) is 0 Å². The van der Waals surface area contributed by atoms with E-state index in [0.29, 0.717) is 35.5 Å². The first-order chi connectivity index (χ1) is 16.3. The lowest BCUT2D eigenvalue weighted by Gasteiger charge is -2.16. The number of carbonyl (C=O) groups excluding carboxylic acids is 1. The zero-order valence-electron chi connectivity index (χ0n) is 17.3. The lowest BCUT2D eigenvalue weighted by atomic mass is 10.1. The highest BCUT2D eigenvalue weighted by atomic mass is 35.5. The van der Waals surface area contributed by atoms with Crippen LogP contribution in [0.5, 0.6) is 0 Å². The highest BCUT2D eigenvalue weighted by Gasteiger charge is 2.34. The van der Waals surface area contributed by atoms with Gasteiger partial charge < -0.3 is 4.57 Å². The zero-order chi connectivity index (χ0) is 24.0. The number of nitrogens with zero attached hydrogens (tertiary/aromatic N) is 2. The van der Waals surface area contributed by atoms with Gasteiger partial charge in [0.1, 0.15) is 5.82 Å². The normalized spacial score (nSPS) is 15.2. The van der Waals surface area contributed by atoms with E-state index in [2.05, 4.69) is 0 Å². The Morgan fingerprint density at radius 3 is 2.56 bits per heavy atom. The minimum atomic E-state index is -0.368. The van der Waals surface area contributed by atoms with Crippen molar-refractivity contribution in [1.29, 1.82) is 0 Å². The predicted octanol–water partition coefficient (Wildman–Crippen LogP) is 8.19. The van der Waals surface area contributed by atoms with Crippen molar-refractivity contribution >= 4 is 91.7 Å². The second kappa shape index (κ2) is 9.36. The fourth-order valence-electron chi connectivity index (χ4n) is 3.85. The molecule has 3 aromatic carbocycles. The number of fused-ring (bicyclic) bond motifs is 1. The van der Waals surface area contributed by atoms with Gasteiger partial charge in [0.15, 0.2) is 4.32 Å². The molecule has 0 aliphatic carbocycles. The Bertz CT molecular complexity index is 1500. The molecule has 1 fully saturated rings. The molecule has 1 amide bonds. The molecule has 1 aliphatic heterocycles. The Morgan fingerprint density at radius 1 is 1.00 bits per heavy atom. The van der Waals surface area contributed by atoms with Crippen LogP contribution in [-0.4, -0.2) is 14.8 Å². The predicted molar refractivity (Wildman–Crippen MR) is 145 cm³/mol. The van der Waals surface area contributed by atoms with Crippen LogP contribution in [0.3, 0.4) is 0 Å². The third kappa shape index (κ3) is 4.25. The zero-order valence-corrected chi connectivity index (χ0v) is 21.2. The van der Waals surface area contributed by atoms with Crippen LogP contribution >= 0.6 is 58.8 Å². The molecule has 1 aliphatic rings.